The number of fused-ring (bicyclic) bond motifs is 1. The van der Waals surface area contributed by atoms with Gasteiger partial charge in [0, 0.05) is 18.7 Å². The van der Waals surface area contributed by atoms with Crippen molar-refractivity contribution in [3.63, 3.8) is 0 Å². The largest absolute Gasteiger partial charge is 0.437 e. The van der Waals surface area contributed by atoms with E-state index < -0.39 is 0 Å². The zero-order valence-electron chi connectivity index (χ0n) is 9.95. The normalized spacial score (nSPS) is 13.1. The van der Waals surface area contributed by atoms with Crippen LogP contribution in [0.25, 0.3) is 11.1 Å². The highest BCUT2D eigenvalue weighted by Gasteiger charge is 2.16. The van der Waals surface area contributed by atoms with Gasteiger partial charge in [-0.1, -0.05) is 23.2 Å². The Morgan fingerprint density at radius 1 is 1.44 bits per heavy atom. The molecule has 18 heavy (non-hydrogen) atoms. The van der Waals surface area contributed by atoms with Gasteiger partial charge in [-0.05, 0) is 25.0 Å². The van der Waals surface area contributed by atoms with Crippen molar-refractivity contribution in [2.75, 3.05) is 13.7 Å². The molecule has 6 heteroatoms. The van der Waals surface area contributed by atoms with Crippen molar-refractivity contribution in [3.05, 3.63) is 28.1 Å². The lowest BCUT2D eigenvalue weighted by Gasteiger charge is -2.05. The van der Waals surface area contributed by atoms with Gasteiger partial charge in [0.05, 0.1) is 11.1 Å². The number of nitrogens with zero attached hydrogens (tertiary/aromatic N) is 1. The molecule has 0 saturated carbocycles. The summed E-state index contributed by atoms with van der Waals surface area (Å²) in [5.74, 6) is 0.477. The maximum atomic E-state index is 6.03. The van der Waals surface area contributed by atoms with E-state index in [1.807, 2.05) is 0 Å². The van der Waals surface area contributed by atoms with Crippen LogP contribution in [-0.2, 0) is 4.74 Å². The summed E-state index contributed by atoms with van der Waals surface area (Å²) in [7, 11) is 1.66. The average Bonchev–Trinajstić information content (AvgIpc) is 2.73. The lowest BCUT2D eigenvalue weighted by molar-refractivity contribution is 0.189. The SMILES string of the molecule is COCCCC(N)c1nc2cc(Cl)cc(Cl)c2o1. The van der Waals surface area contributed by atoms with Crippen LogP contribution >= 0.6 is 23.2 Å². The minimum Gasteiger partial charge on any atom is -0.437 e. The third-order valence-corrected chi connectivity index (χ3v) is 3.11. The van der Waals surface area contributed by atoms with E-state index in [0.717, 1.165) is 12.8 Å². The Hall–Kier alpha value is -0.810. The average molecular weight is 289 g/mol. The van der Waals surface area contributed by atoms with Crippen LogP contribution in [0.15, 0.2) is 16.5 Å². The molecular weight excluding hydrogens is 275 g/mol. The van der Waals surface area contributed by atoms with E-state index in [9.17, 15) is 0 Å². The summed E-state index contributed by atoms with van der Waals surface area (Å²) >= 11 is 11.9. The molecule has 1 aromatic carbocycles. The van der Waals surface area contributed by atoms with E-state index in [4.69, 9.17) is 38.1 Å². The highest BCUT2D eigenvalue weighted by atomic mass is 35.5. The number of hydrogen-bond donors (Lipinski definition) is 1. The van der Waals surface area contributed by atoms with Crippen LogP contribution in [0.4, 0.5) is 0 Å². The Labute approximate surface area is 115 Å². The molecule has 0 aliphatic rings. The van der Waals surface area contributed by atoms with Crippen molar-refractivity contribution < 1.29 is 9.15 Å². The van der Waals surface area contributed by atoms with Gasteiger partial charge in [0.25, 0.3) is 0 Å². The van der Waals surface area contributed by atoms with Crippen LogP contribution in [0.2, 0.25) is 10.0 Å². The zero-order chi connectivity index (χ0) is 13.1. The second-order valence-electron chi connectivity index (χ2n) is 4.03. The van der Waals surface area contributed by atoms with Gasteiger partial charge >= 0.3 is 0 Å². The lowest BCUT2D eigenvalue weighted by Crippen LogP contribution is -2.11. The molecular formula is C12H14Cl2N2O2. The molecule has 0 radical (unpaired) electrons. The molecule has 0 aliphatic heterocycles. The first-order chi connectivity index (χ1) is 8.61. The Morgan fingerprint density at radius 2 is 2.22 bits per heavy atom. The number of hydrogen-bond acceptors (Lipinski definition) is 4. The Balaban J connectivity index is 2.21. The number of benzene rings is 1. The smallest absolute Gasteiger partial charge is 0.212 e. The summed E-state index contributed by atoms with van der Waals surface area (Å²) in [6, 6.07) is 3.07. The Morgan fingerprint density at radius 3 is 2.94 bits per heavy atom. The quantitative estimate of drug-likeness (QED) is 0.855. The number of oxazole rings is 1. The number of ether oxygens (including phenoxy) is 1. The maximum absolute atomic E-state index is 6.03. The van der Waals surface area contributed by atoms with Crippen LogP contribution in [-0.4, -0.2) is 18.7 Å². The first-order valence-corrected chi connectivity index (χ1v) is 6.37. The Kier molecular flexibility index (Phi) is 4.45. The topological polar surface area (TPSA) is 61.3 Å². The molecule has 1 heterocycles. The summed E-state index contributed by atoms with van der Waals surface area (Å²) in [6.45, 7) is 0.667. The van der Waals surface area contributed by atoms with Crippen molar-refractivity contribution in [1.29, 1.82) is 0 Å². The number of nitrogens with two attached hydrogens (primary N) is 1. The minimum absolute atomic E-state index is 0.262. The molecule has 0 amide bonds. The molecule has 0 saturated heterocycles. The van der Waals surface area contributed by atoms with Gasteiger partial charge in [-0.15, -0.1) is 0 Å². The predicted octanol–water partition coefficient (Wildman–Crippen LogP) is 3.56. The summed E-state index contributed by atoms with van der Waals surface area (Å²) < 4.78 is 10.6. The van der Waals surface area contributed by atoms with Crippen molar-refractivity contribution in [3.8, 4) is 0 Å². The van der Waals surface area contributed by atoms with Gasteiger partial charge in [-0.25, -0.2) is 4.98 Å². The Bertz CT molecular complexity index is 542. The highest BCUT2D eigenvalue weighted by Crippen LogP contribution is 2.30. The molecule has 1 aromatic heterocycles. The fourth-order valence-corrected chi connectivity index (χ4v) is 2.23. The van der Waals surface area contributed by atoms with Crippen LogP contribution in [0.3, 0.4) is 0 Å². The maximum Gasteiger partial charge on any atom is 0.212 e. The fraction of sp³-hybridized carbons (Fsp3) is 0.417. The van der Waals surface area contributed by atoms with Gasteiger partial charge in [0.15, 0.2) is 5.58 Å². The van der Waals surface area contributed by atoms with Gasteiger partial charge in [-0.3, -0.25) is 0 Å². The third kappa shape index (κ3) is 2.95. The predicted molar refractivity (Wildman–Crippen MR) is 72.1 cm³/mol. The van der Waals surface area contributed by atoms with Gasteiger partial charge in [0.2, 0.25) is 5.89 Å². The molecule has 0 fully saturated rings. The van der Waals surface area contributed by atoms with Crippen LogP contribution in [0.1, 0.15) is 24.8 Å². The van der Waals surface area contributed by atoms with Gasteiger partial charge in [0.1, 0.15) is 5.52 Å². The van der Waals surface area contributed by atoms with Crippen molar-refractivity contribution in [2.45, 2.75) is 18.9 Å². The molecule has 0 spiro atoms. The number of aromatic nitrogens is 1. The zero-order valence-corrected chi connectivity index (χ0v) is 11.5. The summed E-state index contributed by atoms with van der Waals surface area (Å²) in [6.07, 6.45) is 1.59. The molecule has 98 valence electrons. The number of halogens is 2. The van der Waals surface area contributed by atoms with E-state index >= 15 is 0 Å². The molecule has 0 bridgehead atoms. The number of rotatable bonds is 5. The van der Waals surface area contributed by atoms with Crippen molar-refractivity contribution in [1.82, 2.24) is 4.98 Å². The van der Waals surface area contributed by atoms with Crippen LogP contribution in [0.5, 0.6) is 0 Å². The van der Waals surface area contributed by atoms with Crippen LogP contribution in [0, 0.1) is 0 Å². The summed E-state index contributed by atoms with van der Waals surface area (Å²) in [5.41, 5.74) is 7.16. The molecule has 2 rings (SSSR count). The summed E-state index contributed by atoms with van der Waals surface area (Å²) in [5, 5.41) is 0.973. The monoisotopic (exact) mass is 288 g/mol. The standard InChI is InChI=1S/C12H14Cl2N2O2/c1-17-4-2-3-9(15)12-16-10-6-7(13)5-8(14)11(10)18-12/h5-6,9H,2-4,15H2,1H3. The highest BCUT2D eigenvalue weighted by molar-refractivity contribution is 6.37. The first-order valence-electron chi connectivity index (χ1n) is 5.62. The van der Waals surface area contributed by atoms with E-state index in [0.29, 0.717) is 33.6 Å². The molecule has 1 atom stereocenters. The van der Waals surface area contributed by atoms with E-state index in [-0.39, 0.29) is 6.04 Å². The van der Waals surface area contributed by atoms with E-state index in [1.54, 1.807) is 19.2 Å². The van der Waals surface area contributed by atoms with Gasteiger partial charge < -0.3 is 14.9 Å². The second-order valence-corrected chi connectivity index (χ2v) is 4.87. The molecule has 1 unspecified atom stereocenters. The fourth-order valence-electron chi connectivity index (χ4n) is 1.71. The van der Waals surface area contributed by atoms with E-state index in [1.165, 1.54) is 0 Å². The summed E-state index contributed by atoms with van der Waals surface area (Å²) in [4.78, 5) is 4.31. The molecule has 2 aromatic rings. The third-order valence-electron chi connectivity index (χ3n) is 2.61. The lowest BCUT2D eigenvalue weighted by atomic mass is 10.2. The van der Waals surface area contributed by atoms with Crippen molar-refractivity contribution in [2.24, 2.45) is 5.73 Å². The molecule has 0 aliphatic carbocycles. The van der Waals surface area contributed by atoms with E-state index in [2.05, 4.69) is 4.98 Å². The van der Waals surface area contributed by atoms with Gasteiger partial charge in [-0.2, -0.15) is 0 Å². The number of methoxy groups -OCH3 is 1. The molecule has 4 nitrogen and oxygen atoms in total. The molecule has 2 N–H and O–H groups in total. The second kappa shape index (κ2) is 5.89. The van der Waals surface area contributed by atoms with Crippen LogP contribution < -0.4 is 5.73 Å². The van der Waals surface area contributed by atoms with Crippen molar-refractivity contribution >= 4 is 34.3 Å². The minimum atomic E-state index is -0.262. The first kappa shape index (κ1) is 13.6.